The molecule has 0 bridgehead atoms. The van der Waals surface area contributed by atoms with E-state index < -0.39 is 0 Å². The van der Waals surface area contributed by atoms with Gasteiger partial charge in [0.1, 0.15) is 0 Å². The van der Waals surface area contributed by atoms with E-state index in [1.807, 2.05) is 23.1 Å². The Morgan fingerprint density at radius 2 is 1.95 bits per heavy atom. The van der Waals surface area contributed by atoms with Crippen LogP contribution in [0.1, 0.15) is 36.0 Å². The first-order valence-corrected chi connectivity index (χ1v) is 7.85. The highest BCUT2D eigenvalue weighted by molar-refractivity contribution is 6.24. The molecule has 1 aliphatic heterocycles. The summed E-state index contributed by atoms with van der Waals surface area (Å²) in [6.07, 6.45) is 4.58. The number of nitrogens with zero attached hydrogens (tertiary/aromatic N) is 1. The van der Waals surface area contributed by atoms with Gasteiger partial charge in [-0.1, -0.05) is 30.7 Å². The monoisotopic (exact) mass is 280 g/mol. The third-order valence-corrected chi connectivity index (χ3v) is 5.09. The van der Waals surface area contributed by atoms with Crippen LogP contribution in [0.5, 0.6) is 0 Å². The molecule has 1 aliphatic carbocycles. The van der Waals surface area contributed by atoms with Gasteiger partial charge >= 0.3 is 0 Å². The van der Waals surface area contributed by atoms with Crippen molar-refractivity contribution in [3.63, 3.8) is 0 Å². The minimum atomic E-state index is 0.147. The van der Waals surface area contributed by atoms with Gasteiger partial charge in [-0.3, -0.25) is 4.79 Å². The average Bonchev–Trinajstić information content (AvgIpc) is 3.02. The lowest BCUT2D eigenvalue weighted by Crippen LogP contribution is -2.32. The molecule has 2 atom stereocenters. The Bertz CT molecular complexity index is 704. The second-order valence-electron chi connectivity index (χ2n) is 6.28. The van der Waals surface area contributed by atoms with E-state index in [1.54, 1.807) is 0 Å². The second kappa shape index (κ2) is 4.85. The minimum absolute atomic E-state index is 0.147. The highest BCUT2D eigenvalue weighted by Crippen LogP contribution is 2.38. The number of benzene rings is 2. The quantitative estimate of drug-likeness (QED) is 0.937. The molecule has 2 aromatic carbocycles. The lowest BCUT2D eigenvalue weighted by molar-refractivity contribution is 0.0991. The zero-order valence-electron chi connectivity index (χ0n) is 12.1. The lowest BCUT2D eigenvalue weighted by atomic mass is 10.00. The summed E-state index contributed by atoms with van der Waals surface area (Å²) in [5.41, 5.74) is 8.07. The number of amides is 1. The van der Waals surface area contributed by atoms with Crippen molar-refractivity contribution >= 4 is 22.4 Å². The van der Waals surface area contributed by atoms with Crippen molar-refractivity contribution in [3.8, 4) is 0 Å². The SMILES string of the molecule is NC1CCCC1CCN1C(=O)c2cccc3cccc1c23. The number of hydrogen-bond donors (Lipinski definition) is 1. The summed E-state index contributed by atoms with van der Waals surface area (Å²) in [6.45, 7) is 0.783. The van der Waals surface area contributed by atoms with Crippen LogP contribution < -0.4 is 10.6 Å². The Balaban J connectivity index is 1.63. The number of anilines is 1. The highest BCUT2D eigenvalue weighted by atomic mass is 16.2. The first-order valence-electron chi connectivity index (χ1n) is 7.85. The van der Waals surface area contributed by atoms with E-state index in [2.05, 4.69) is 18.2 Å². The van der Waals surface area contributed by atoms with E-state index in [1.165, 1.54) is 12.8 Å². The lowest BCUT2D eigenvalue weighted by Gasteiger charge is -2.22. The molecular formula is C18H20N2O. The molecule has 1 heterocycles. The van der Waals surface area contributed by atoms with Crippen LogP contribution in [0.3, 0.4) is 0 Å². The van der Waals surface area contributed by atoms with Gasteiger partial charge in [0.2, 0.25) is 0 Å². The molecule has 4 rings (SSSR count). The fraction of sp³-hybridized carbons (Fsp3) is 0.389. The zero-order chi connectivity index (χ0) is 14.4. The number of rotatable bonds is 3. The highest BCUT2D eigenvalue weighted by Gasteiger charge is 2.31. The summed E-state index contributed by atoms with van der Waals surface area (Å²) in [5, 5.41) is 2.26. The molecule has 0 saturated heterocycles. The third-order valence-electron chi connectivity index (χ3n) is 5.09. The molecule has 21 heavy (non-hydrogen) atoms. The van der Waals surface area contributed by atoms with Crippen molar-refractivity contribution in [1.29, 1.82) is 0 Å². The number of nitrogens with two attached hydrogens (primary N) is 1. The predicted octanol–water partition coefficient (Wildman–Crippen LogP) is 3.32. The van der Waals surface area contributed by atoms with Gasteiger partial charge in [0.15, 0.2) is 0 Å². The summed E-state index contributed by atoms with van der Waals surface area (Å²) in [7, 11) is 0. The molecule has 0 aromatic heterocycles. The van der Waals surface area contributed by atoms with E-state index in [-0.39, 0.29) is 5.91 Å². The Morgan fingerprint density at radius 1 is 1.14 bits per heavy atom. The predicted molar refractivity (Wildman–Crippen MR) is 85.6 cm³/mol. The first-order chi connectivity index (χ1) is 10.3. The molecule has 0 radical (unpaired) electrons. The third kappa shape index (κ3) is 1.95. The average molecular weight is 280 g/mol. The van der Waals surface area contributed by atoms with Crippen molar-refractivity contribution in [2.24, 2.45) is 11.7 Å². The van der Waals surface area contributed by atoms with Crippen LogP contribution in [0.15, 0.2) is 36.4 Å². The van der Waals surface area contributed by atoms with Crippen molar-refractivity contribution in [2.75, 3.05) is 11.4 Å². The van der Waals surface area contributed by atoms with Crippen molar-refractivity contribution in [2.45, 2.75) is 31.7 Å². The van der Waals surface area contributed by atoms with Gasteiger partial charge in [0.25, 0.3) is 5.91 Å². The van der Waals surface area contributed by atoms with Crippen LogP contribution in [0.2, 0.25) is 0 Å². The maximum atomic E-state index is 12.7. The summed E-state index contributed by atoms with van der Waals surface area (Å²) < 4.78 is 0. The molecule has 3 heteroatoms. The smallest absolute Gasteiger partial charge is 0.258 e. The van der Waals surface area contributed by atoms with E-state index in [0.29, 0.717) is 12.0 Å². The van der Waals surface area contributed by atoms with Gasteiger partial charge in [-0.15, -0.1) is 0 Å². The molecular weight excluding hydrogens is 260 g/mol. The molecule has 3 nitrogen and oxygen atoms in total. The Morgan fingerprint density at radius 3 is 2.71 bits per heavy atom. The Hall–Kier alpha value is -1.87. The molecule has 2 aromatic rings. The number of hydrogen-bond acceptors (Lipinski definition) is 2. The van der Waals surface area contributed by atoms with Gasteiger partial charge in [-0.2, -0.15) is 0 Å². The first kappa shape index (κ1) is 12.8. The van der Waals surface area contributed by atoms with E-state index in [0.717, 1.165) is 41.4 Å². The van der Waals surface area contributed by atoms with Crippen LogP contribution in [0.4, 0.5) is 5.69 Å². The van der Waals surface area contributed by atoms with Gasteiger partial charge in [0, 0.05) is 23.5 Å². The molecule has 108 valence electrons. The zero-order valence-corrected chi connectivity index (χ0v) is 12.1. The molecule has 2 N–H and O–H groups in total. The van der Waals surface area contributed by atoms with Crippen molar-refractivity contribution < 1.29 is 4.79 Å². The van der Waals surface area contributed by atoms with Crippen molar-refractivity contribution in [3.05, 3.63) is 42.0 Å². The van der Waals surface area contributed by atoms with Gasteiger partial charge in [-0.25, -0.2) is 0 Å². The van der Waals surface area contributed by atoms with Crippen LogP contribution >= 0.6 is 0 Å². The Kier molecular flexibility index (Phi) is 2.96. The van der Waals surface area contributed by atoms with Gasteiger partial charge in [0.05, 0.1) is 5.69 Å². The van der Waals surface area contributed by atoms with E-state index in [4.69, 9.17) is 5.73 Å². The molecule has 1 amide bonds. The van der Waals surface area contributed by atoms with Crippen LogP contribution in [0, 0.1) is 5.92 Å². The maximum Gasteiger partial charge on any atom is 0.258 e. The summed E-state index contributed by atoms with van der Waals surface area (Å²) >= 11 is 0. The summed E-state index contributed by atoms with van der Waals surface area (Å²) in [4.78, 5) is 14.6. The van der Waals surface area contributed by atoms with Gasteiger partial charge < -0.3 is 10.6 Å². The summed E-state index contributed by atoms with van der Waals surface area (Å²) in [5.74, 6) is 0.717. The number of carbonyl (C=O) groups is 1. The largest absolute Gasteiger partial charge is 0.327 e. The molecule has 1 saturated carbocycles. The van der Waals surface area contributed by atoms with Crippen LogP contribution in [-0.4, -0.2) is 18.5 Å². The molecule has 2 aliphatic rings. The molecule has 0 spiro atoms. The Labute approximate surface area is 124 Å². The fourth-order valence-electron chi connectivity index (χ4n) is 3.92. The second-order valence-corrected chi connectivity index (χ2v) is 6.28. The summed E-state index contributed by atoms with van der Waals surface area (Å²) in [6, 6.07) is 12.5. The van der Waals surface area contributed by atoms with Crippen molar-refractivity contribution in [1.82, 2.24) is 0 Å². The standard InChI is InChI=1S/C18H20N2O/c19-15-8-2-4-12(15)10-11-20-16-9-3-6-13-5-1-7-14(17(13)16)18(20)21/h1,3,5-7,9,12,15H,2,4,8,10-11,19H2. The van der Waals surface area contributed by atoms with E-state index >= 15 is 0 Å². The molecule has 2 unspecified atom stereocenters. The van der Waals surface area contributed by atoms with Crippen LogP contribution in [0.25, 0.3) is 10.8 Å². The fourth-order valence-corrected chi connectivity index (χ4v) is 3.92. The number of carbonyl (C=O) groups excluding carboxylic acids is 1. The van der Waals surface area contributed by atoms with Crippen LogP contribution in [-0.2, 0) is 0 Å². The minimum Gasteiger partial charge on any atom is -0.327 e. The normalized spacial score (nSPS) is 24.2. The van der Waals surface area contributed by atoms with Gasteiger partial charge in [-0.05, 0) is 42.7 Å². The van der Waals surface area contributed by atoms with E-state index in [9.17, 15) is 4.79 Å². The topological polar surface area (TPSA) is 46.3 Å². The maximum absolute atomic E-state index is 12.7. The molecule has 1 fully saturated rings.